The standard InChI is InChI=1S/C25H19N3O2/c29-25(24-14-19-10-4-7-13-23(19)30-24)27-26-15-20-17-28(16-18-8-2-1-3-9-18)22-12-6-5-11-21(20)22/h1-15,17H,16H2,(H,27,29)/b26-15+. The fourth-order valence-corrected chi connectivity index (χ4v) is 3.60. The number of amides is 1. The molecule has 146 valence electrons. The second-order valence-corrected chi connectivity index (χ2v) is 7.06. The Kier molecular flexibility index (Phi) is 4.62. The third-order valence-electron chi connectivity index (χ3n) is 5.03. The van der Waals surface area contributed by atoms with Gasteiger partial charge >= 0.3 is 5.91 Å². The van der Waals surface area contributed by atoms with Crippen molar-refractivity contribution in [2.24, 2.45) is 5.10 Å². The smallest absolute Gasteiger partial charge is 0.307 e. The van der Waals surface area contributed by atoms with Crippen molar-refractivity contribution in [3.63, 3.8) is 0 Å². The first-order chi connectivity index (χ1) is 14.8. The lowest BCUT2D eigenvalue weighted by Gasteiger charge is -2.05. The van der Waals surface area contributed by atoms with Gasteiger partial charge in [-0.3, -0.25) is 4.79 Å². The van der Waals surface area contributed by atoms with Crippen molar-refractivity contribution >= 4 is 34.0 Å². The van der Waals surface area contributed by atoms with Crippen LogP contribution < -0.4 is 5.43 Å². The van der Waals surface area contributed by atoms with E-state index in [9.17, 15) is 4.79 Å². The molecular formula is C25H19N3O2. The predicted molar refractivity (Wildman–Crippen MR) is 119 cm³/mol. The maximum absolute atomic E-state index is 12.4. The number of nitrogens with one attached hydrogen (secondary N) is 1. The minimum Gasteiger partial charge on any atom is -0.451 e. The first-order valence-corrected chi connectivity index (χ1v) is 9.72. The number of para-hydroxylation sites is 2. The molecule has 0 saturated heterocycles. The molecule has 0 bridgehead atoms. The maximum atomic E-state index is 12.4. The van der Waals surface area contributed by atoms with E-state index in [1.165, 1.54) is 5.56 Å². The van der Waals surface area contributed by atoms with Crippen LogP contribution >= 0.6 is 0 Å². The Bertz CT molecular complexity index is 1330. The van der Waals surface area contributed by atoms with E-state index in [-0.39, 0.29) is 11.7 Å². The summed E-state index contributed by atoms with van der Waals surface area (Å²) in [6.45, 7) is 0.764. The SMILES string of the molecule is O=C(N/N=C/c1cn(Cc2ccccc2)c2ccccc12)c1cc2ccccc2o1. The minimum absolute atomic E-state index is 0.236. The van der Waals surface area contributed by atoms with E-state index in [0.717, 1.165) is 28.4 Å². The lowest BCUT2D eigenvalue weighted by atomic mass is 10.2. The summed E-state index contributed by atoms with van der Waals surface area (Å²) in [7, 11) is 0. The van der Waals surface area contributed by atoms with Gasteiger partial charge in [0.2, 0.25) is 0 Å². The van der Waals surface area contributed by atoms with E-state index < -0.39 is 0 Å². The second-order valence-electron chi connectivity index (χ2n) is 7.06. The molecular weight excluding hydrogens is 374 g/mol. The van der Waals surface area contributed by atoms with Crippen molar-refractivity contribution in [1.29, 1.82) is 0 Å². The number of benzene rings is 3. The Balaban J connectivity index is 1.38. The van der Waals surface area contributed by atoms with Gasteiger partial charge in [0.05, 0.1) is 6.21 Å². The minimum atomic E-state index is -0.379. The van der Waals surface area contributed by atoms with Crippen molar-refractivity contribution in [2.45, 2.75) is 6.54 Å². The number of carbonyl (C=O) groups is 1. The van der Waals surface area contributed by atoms with Crippen LogP contribution in [0.25, 0.3) is 21.9 Å². The molecule has 5 rings (SSSR count). The van der Waals surface area contributed by atoms with E-state index >= 15 is 0 Å². The molecule has 3 aromatic carbocycles. The molecule has 1 N–H and O–H groups in total. The number of rotatable bonds is 5. The highest BCUT2D eigenvalue weighted by atomic mass is 16.3. The Morgan fingerprint density at radius 2 is 1.73 bits per heavy atom. The zero-order valence-electron chi connectivity index (χ0n) is 16.2. The zero-order chi connectivity index (χ0) is 20.3. The van der Waals surface area contributed by atoms with Gasteiger partial charge in [-0.25, -0.2) is 5.43 Å². The molecule has 0 aliphatic heterocycles. The molecule has 0 spiro atoms. The van der Waals surface area contributed by atoms with Crippen LogP contribution in [0.2, 0.25) is 0 Å². The predicted octanol–water partition coefficient (Wildman–Crippen LogP) is 5.20. The first-order valence-electron chi connectivity index (χ1n) is 9.72. The maximum Gasteiger partial charge on any atom is 0.307 e. The average molecular weight is 393 g/mol. The molecule has 0 radical (unpaired) electrons. The van der Waals surface area contributed by atoms with Gasteiger partial charge < -0.3 is 8.98 Å². The quantitative estimate of drug-likeness (QED) is 0.330. The van der Waals surface area contributed by atoms with Crippen LogP contribution in [0, 0.1) is 0 Å². The molecule has 2 heterocycles. The van der Waals surface area contributed by atoms with Crippen molar-refractivity contribution in [3.8, 4) is 0 Å². The van der Waals surface area contributed by atoms with Crippen molar-refractivity contribution in [3.05, 3.63) is 108 Å². The summed E-state index contributed by atoms with van der Waals surface area (Å²) < 4.78 is 7.77. The normalized spacial score (nSPS) is 11.5. The molecule has 5 nitrogen and oxygen atoms in total. The molecule has 0 fully saturated rings. The molecule has 0 atom stereocenters. The molecule has 0 aliphatic rings. The summed E-state index contributed by atoms with van der Waals surface area (Å²) in [4.78, 5) is 12.4. The van der Waals surface area contributed by atoms with Gasteiger partial charge in [-0.1, -0.05) is 66.7 Å². The third-order valence-corrected chi connectivity index (χ3v) is 5.03. The van der Waals surface area contributed by atoms with Crippen LogP contribution in [-0.2, 0) is 6.54 Å². The Hall–Kier alpha value is -4.12. The number of carbonyl (C=O) groups excluding carboxylic acids is 1. The Morgan fingerprint density at radius 1 is 0.967 bits per heavy atom. The number of nitrogens with zero attached hydrogens (tertiary/aromatic N) is 2. The van der Waals surface area contributed by atoms with E-state index in [4.69, 9.17) is 4.42 Å². The van der Waals surface area contributed by atoms with Crippen molar-refractivity contribution in [2.75, 3.05) is 0 Å². The van der Waals surface area contributed by atoms with Crippen LogP contribution in [0.1, 0.15) is 21.7 Å². The third kappa shape index (κ3) is 3.49. The molecule has 0 aliphatic carbocycles. The molecule has 5 aromatic rings. The largest absolute Gasteiger partial charge is 0.451 e. The van der Waals surface area contributed by atoms with Gasteiger partial charge in [-0.2, -0.15) is 5.10 Å². The first kappa shape index (κ1) is 17.9. The molecule has 2 aromatic heterocycles. The van der Waals surface area contributed by atoms with Crippen LogP contribution in [-0.4, -0.2) is 16.7 Å². The van der Waals surface area contributed by atoms with Crippen LogP contribution in [0.3, 0.4) is 0 Å². The number of furan rings is 1. The molecule has 1 amide bonds. The van der Waals surface area contributed by atoms with E-state index in [1.807, 2.05) is 54.6 Å². The lowest BCUT2D eigenvalue weighted by Crippen LogP contribution is -2.16. The molecule has 0 saturated carbocycles. The Morgan fingerprint density at radius 3 is 2.60 bits per heavy atom. The van der Waals surface area contributed by atoms with E-state index in [1.54, 1.807) is 12.3 Å². The topological polar surface area (TPSA) is 59.5 Å². The van der Waals surface area contributed by atoms with Crippen molar-refractivity contribution < 1.29 is 9.21 Å². The summed E-state index contributed by atoms with van der Waals surface area (Å²) in [5.41, 5.74) is 6.51. The van der Waals surface area contributed by atoms with E-state index in [0.29, 0.717) is 5.58 Å². The van der Waals surface area contributed by atoms with Crippen molar-refractivity contribution in [1.82, 2.24) is 9.99 Å². The number of hydrogen-bond acceptors (Lipinski definition) is 3. The fourth-order valence-electron chi connectivity index (χ4n) is 3.60. The summed E-state index contributed by atoms with van der Waals surface area (Å²) in [5, 5.41) is 6.12. The highest BCUT2D eigenvalue weighted by molar-refractivity contribution is 6.01. The summed E-state index contributed by atoms with van der Waals surface area (Å²) >= 11 is 0. The van der Waals surface area contributed by atoms with E-state index in [2.05, 4.69) is 45.6 Å². The molecule has 30 heavy (non-hydrogen) atoms. The number of fused-ring (bicyclic) bond motifs is 2. The Labute approximate surface area is 173 Å². The summed E-state index contributed by atoms with van der Waals surface area (Å²) in [6.07, 6.45) is 3.72. The summed E-state index contributed by atoms with van der Waals surface area (Å²) in [5.74, 6) is -0.143. The van der Waals surface area contributed by atoms with Crippen LogP contribution in [0.15, 0.2) is 101 Å². The van der Waals surface area contributed by atoms with Gasteiger partial charge in [0, 0.05) is 34.6 Å². The van der Waals surface area contributed by atoms with Crippen LogP contribution in [0.4, 0.5) is 0 Å². The lowest BCUT2D eigenvalue weighted by molar-refractivity contribution is 0.0929. The van der Waals surface area contributed by atoms with Crippen LogP contribution in [0.5, 0.6) is 0 Å². The zero-order valence-corrected chi connectivity index (χ0v) is 16.2. The second kappa shape index (κ2) is 7.72. The number of hydrogen-bond donors (Lipinski definition) is 1. The van der Waals surface area contributed by atoms with Gasteiger partial charge in [-0.15, -0.1) is 0 Å². The molecule has 0 unspecified atom stereocenters. The van der Waals surface area contributed by atoms with Gasteiger partial charge in [0.25, 0.3) is 0 Å². The monoisotopic (exact) mass is 393 g/mol. The number of hydrazone groups is 1. The average Bonchev–Trinajstić information content (AvgIpc) is 3.37. The highest BCUT2D eigenvalue weighted by Crippen LogP contribution is 2.21. The van der Waals surface area contributed by atoms with Gasteiger partial charge in [0.1, 0.15) is 5.58 Å². The highest BCUT2D eigenvalue weighted by Gasteiger charge is 2.11. The van der Waals surface area contributed by atoms with Gasteiger partial charge in [0.15, 0.2) is 5.76 Å². The fraction of sp³-hybridized carbons (Fsp3) is 0.0400. The van der Waals surface area contributed by atoms with Gasteiger partial charge in [-0.05, 0) is 23.8 Å². The number of aromatic nitrogens is 1. The summed E-state index contributed by atoms with van der Waals surface area (Å²) in [6, 6.07) is 27.7. The molecule has 5 heteroatoms.